The monoisotopic (exact) mass is 444 g/mol. The molecule has 32 heavy (non-hydrogen) atoms. The molecule has 1 aromatic carbocycles. The maximum absolute atomic E-state index is 10.6. The number of fused-ring (bicyclic) bond motifs is 1. The maximum Gasteiger partial charge on any atom is 0.217 e. The van der Waals surface area contributed by atoms with E-state index in [0.717, 1.165) is 29.5 Å². The van der Waals surface area contributed by atoms with Gasteiger partial charge in [0, 0.05) is 30.7 Å². The number of rotatable bonds is 7. The van der Waals surface area contributed by atoms with Gasteiger partial charge in [-0.2, -0.15) is 0 Å². The van der Waals surface area contributed by atoms with E-state index in [2.05, 4.69) is 36.3 Å². The van der Waals surface area contributed by atoms with Gasteiger partial charge < -0.3 is 15.2 Å². The number of hydrogen-bond acceptors (Lipinski definition) is 4. The van der Waals surface area contributed by atoms with Crippen LogP contribution in [0.1, 0.15) is 92.4 Å². The number of aromatic nitrogens is 1. The Morgan fingerprint density at radius 1 is 1.16 bits per heavy atom. The number of carbonyl (C=O) groups is 1. The standard InChI is InChI=1S/C16H21NO.C8H15NO.C3H8O/c1-3-5-10-14(4-2)18-15-11-6-8-13-9-7-12-17-16(13)15;1-7(10)9-8-5-3-2-4-6-8;1-3(2)4/h6-9,11-12,14H,3-5,10H2,1-2H3;8H,2-6H2,1H3,(H,9,10);3-4H,1-2H3. The Balaban J connectivity index is 0.000000307. The summed E-state index contributed by atoms with van der Waals surface area (Å²) in [6.45, 7) is 9.43. The Hall–Kier alpha value is -2.14. The van der Waals surface area contributed by atoms with E-state index in [-0.39, 0.29) is 12.0 Å². The molecule has 1 unspecified atom stereocenters. The first kappa shape index (κ1) is 27.9. The van der Waals surface area contributed by atoms with E-state index in [1.165, 1.54) is 44.9 Å². The number of ether oxygens (including phenoxy) is 1. The fourth-order valence-corrected chi connectivity index (χ4v) is 3.66. The lowest BCUT2D eigenvalue weighted by atomic mass is 9.95. The highest BCUT2D eigenvalue weighted by Gasteiger charge is 2.13. The van der Waals surface area contributed by atoms with Crippen LogP contribution in [-0.4, -0.2) is 34.2 Å². The minimum absolute atomic E-state index is 0.118. The molecular formula is C27H44N2O3. The second kappa shape index (κ2) is 16.5. The zero-order chi connectivity index (χ0) is 23.8. The van der Waals surface area contributed by atoms with Crippen molar-refractivity contribution in [3.8, 4) is 5.75 Å². The molecule has 1 saturated carbocycles. The molecule has 0 saturated heterocycles. The lowest BCUT2D eigenvalue weighted by Gasteiger charge is -2.21. The second-order valence-corrected chi connectivity index (χ2v) is 8.75. The van der Waals surface area contributed by atoms with Crippen LogP contribution in [0, 0.1) is 0 Å². The van der Waals surface area contributed by atoms with Crippen LogP contribution in [0.3, 0.4) is 0 Å². The van der Waals surface area contributed by atoms with Crippen molar-refractivity contribution in [2.24, 2.45) is 0 Å². The van der Waals surface area contributed by atoms with Crippen molar-refractivity contribution >= 4 is 16.8 Å². The van der Waals surface area contributed by atoms with E-state index in [4.69, 9.17) is 9.84 Å². The minimum Gasteiger partial charge on any atom is -0.488 e. The van der Waals surface area contributed by atoms with Crippen molar-refractivity contribution in [2.75, 3.05) is 0 Å². The molecule has 3 rings (SSSR count). The molecule has 1 heterocycles. The summed E-state index contributed by atoms with van der Waals surface area (Å²) in [5, 5.41) is 12.1. The third kappa shape index (κ3) is 12.0. The summed E-state index contributed by atoms with van der Waals surface area (Å²) in [4.78, 5) is 15.0. The molecule has 2 aromatic rings. The fourth-order valence-electron chi connectivity index (χ4n) is 3.66. The highest BCUT2D eigenvalue weighted by atomic mass is 16.5. The molecule has 5 heteroatoms. The van der Waals surface area contributed by atoms with Crippen molar-refractivity contribution in [2.45, 2.75) is 111 Å². The number of hydrogen-bond donors (Lipinski definition) is 2. The number of aliphatic hydroxyl groups excluding tert-OH is 1. The van der Waals surface area contributed by atoms with Crippen molar-refractivity contribution in [1.82, 2.24) is 10.3 Å². The average Bonchev–Trinajstić information content (AvgIpc) is 2.77. The molecule has 1 aromatic heterocycles. The highest BCUT2D eigenvalue weighted by Crippen LogP contribution is 2.25. The molecule has 1 aliphatic carbocycles. The molecule has 1 aliphatic rings. The molecule has 180 valence electrons. The van der Waals surface area contributed by atoms with Crippen molar-refractivity contribution in [3.05, 3.63) is 36.5 Å². The summed E-state index contributed by atoms with van der Waals surface area (Å²) >= 11 is 0. The summed E-state index contributed by atoms with van der Waals surface area (Å²) in [6, 6.07) is 10.6. The van der Waals surface area contributed by atoms with Crippen LogP contribution in [0.15, 0.2) is 36.5 Å². The van der Waals surface area contributed by atoms with Crippen LogP contribution in [-0.2, 0) is 4.79 Å². The molecule has 2 N–H and O–H groups in total. The number of unbranched alkanes of at least 4 members (excludes halogenated alkanes) is 1. The van der Waals surface area contributed by atoms with Crippen molar-refractivity contribution in [1.29, 1.82) is 0 Å². The first-order valence-electron chi connectivity index (χ1n) is 12.3. The number of aliphatic hydroxyl groups is 1. The van der Waals surface area contributed by atoms with Crippen LogP contribution in [0.5, 0.6) is 5.75 Å². The first-order chi connectivity index (χ1) is 15.4. The quantitative estimate of drug-likeness (QED) is 0.516. The normalized spacial score (nSPS) is 14.6. The fraction of sp³-hybridized carbons (Fsp3) is 0.630. The van der Waals surface area contributed by atoms with Gasteiger partial charge in [0.15, 0.2) is 0 Å². The van der Waals surface area contributed by atoms with Gasteiger partial charge in [0.2, 0.25) is 5.91 Å². The molecular weight excluding hydrogens is 400 g/mol. The molecule has 5 nitrogen and oxygen atoms in total. The van der Waals surface area contributed by atoms with Gasteiger partial charge >= 0.3 is 0 Å². The van der Waals surface area contributed by atoms with Crippen LogP contribution in [0.25, 0.3) is 10.9 Å². The van der Waals surface area contributed by atoms with Crippen LogP contribution >= 0.6 is 0 Å². The van der Waals surface area contributed by atoms with Gasteiger partial charge in [-0.1, -0.05) is 64.2 Å². The largest absolute Gasteiger partial charge is 0.488 e. The lowest BCUT2D eigenvalue weighted by molar-refractivity contribution is -0.119. The number of carbonyl (C=O) groups excluding carboxylic acids is 1. The van der Waals surface area contributed by atoms with Crippen LogP contribution in [0.4, 0.5) is 0 Å². The number of pyridine rings is 1. The smallest absolute Gasteiger partial charge is 0.217 e. The van der Waals surface area contributed by atoms with Crippen molar-refractivity contribution in [3.63, 3.8) is 0 Å². The lowest BCUT2D eigenvalue weighted by Crippen LogP contribution is -2.34. The molecule has 1 fully saturated rings. The molecule has 0 aliphatic heterocycles. The van der Waals surface area contributed by atoms with Gasteiger partial charge in [-0.25, -0.2) is 0 Å². The summed E-state index contributed by atoms with van der Waals surface area (Å²) in [5.41, 5.74) is 0.968. The summed E-state index contributed by atoms with van der Waals surface area (Å²) in [6.07, 6.45) is 12.8. The Kier molecular flexibility index (Phi) is 14.4. The van der Waals surface area contributed by atoms with E-state index in [9.17, 15) is 4.79 Å². The Morgan fingerprint density at radius 3 is 2.41 bits per heavy atom. The number of nitrogens with one attached hydrogen (secondary N) is 1. The van der Waals surface area contributed by atoms with Gasteiger partial charge in [-0.15, -0.1) is 0 Å². The van der Waals surface area contributed by atoms with Gasteiger partial charge in [0.1, 0.15) is 11.3 Å². The number of para-hydroxylation sites is 1. The third-order valence-corrected chi connectivity index (χ3v) is 5.24. The highest BCUT2D eigenvalue weighted by molar-refractivity contribution is 5.84. The Labute approximate surface area is 195 Å². The second-order valence-electron chi connectivity index (χ2n) is 8.75. The van der Waals surface area contributed by atoms with E-state index >= 15 is 0 Å². The van der Waals surface area contributed by atoms with Gasteiger partial charge in [0.25, 0.3) is 0 Å². The molecule has 1 amide bonds. The number of nitrogens with zero attached hydrogens (tertiary/aromatic N) is 1. The predicted molar refractivity (Wildman–Crippen MR) is 134 cm³/mol. The summed E-state index contributed by atoms with van der Waals surface area (Å²) in [7, 11) is 0. The van der Waals surface area contributed by atoms with E-state index in [0.29, 0.717) is 12.1 Å². The minimum atomic E-state index is -0.167. The zero-order valence-corrected chi connectivity index (χ0v) is 20.8. The Bertz CT molecular complexity index is 749. The van der Waals surface area contributed by atoms with Crippen LogP contribution in [0.2, 0.25) is 0 Å². The zero-order valence-electron chi connectivity index (χ0n) is 20.8. The van der Waals surface area contributed by atoms with Gasteiger partial charge in [-0.05, 0) is 51.7 Å². The molecule has 0 radical (unpaired) electrons. The predicted octanol–water partition coefficient (Wildman–Crippen LogP) is 6.42. The average molecular weight is 445 g/mol. The SMILES string of the molecule is CC(=O)NC1CCCCC1.CC(C)O.CCCCC(CC)Oc1cccc2cccnc12. The summed E-state index contributed by atoms with van der Waals surface area (Å²) < 4.78 is 6.12. The number of amides is 1. The van der Waals surface area contributed by atoms with E-state index < -0.39 is 0 Å². The van der Waals surface area contributed by atoms with Crippen LogP contribution < -0.4 is 10.1 Å². The topological polar surface area (TPSA) is 71.5 Å². The number of benzene rings is 1. The molecule has 1 atom stereocenters. The third-order valence-electron chi connectivity index (χ3n) is 5.24. The molecule has 0 bridgehead atoms. The maximum atomic E-state index is 10.6. The first-order valence-corrected chi connectivity index (χ1v) is 12.3. The van der Waals surface area contributed by atoms with E-state index in [1.807, 2.05) is 24.4 Å². The van der Waals surface area contributed by atoms with E-state index in [1.54, 1.807) is 20.8 Å². The van der Waals surface area contributed by atoms with Crippen molar-refractivity contribution < 1.29 is 14.6 Å². The van der Waals surface area contributed by atoms with Gasteiger partial charge in [0.05, 0.1) is 6.10 Å². The summed E-state index contributed by atoms with van der Waals surface area (Å²) in [5.74, 6) is 1.03. The van der Waals surface area contributed by atoms with Gasteiger partial charge in [-0.3, -0.25) is 9.78 Å². The molecule has 0 spiro atoms. The Morgan fingerprint density at radius 2 is 1.81 bits per heavy atom.